The van der Waals surface area contributed by atoms with Crippen LogP contribution < -0.4 is 5.32 Å². The summed E-state index contributed by atoms with van der Waals surface area (Å²) < 4.78 is 0. The average Bonchev–Trinajstić information content (AvgIpc) is 2.93. The van der Waals surface area contributed by atoms with Gasteiger partial charge in [0, 0.05) is 24.7 Å². The van der Waals surface area contributed by atoms with Crippen molar-refractivity contribution in [1.82, 2.24) is 4.90 Å². The Hall–Kier alpha value is -1.49. The van der Waals surface area contributed by atoms with Crippen LogP contribution in [0, 0.1) is 11.8 Å². The summed E-state index contributed by atoms with van der Waals surface area (Å²) in [7, 11) is 0. The maximum atomic E-state index is 13.0. The lowest BCUT2D eigenvalue weighted by Gasteiger charge is -2.31. The normalized spacial score (nSPS) is 24.5. The lowest BCUT2D eigenvalue weighted by atomic mass is 9.93. The molecule has 1 N–H and O–H groups in total. The predicted molar refractivity (Wildman–Crippen MR) is 104 cm³/mol. The Morgan fingerprint density at radius 1 is 1.20 bits per heavy atom. The van der Waals surface area contributed by atoms with E-state index >= 15 is 0 Å². The molecule has 2 fully saturated rings. The number of hydrogen-bond donors (Lipinski definition) is 1. The van der Waals surface area contributed by atoms with Crippen LogP contribution >= 0.6 is 11.8 Å². The molecule has 25 heavy (non-hydrogen) atoms. The molecule has 1 saturated carbocycles. The third-order valence-corrected chi connectivity index (χ3v) is 6.22. The highest BCUT2D eigenvalue weighted by Crippen LogP contribution is 2.35. The Labute approximate surface area is 154 Å². The van der Waals surface area contributed by atoms with Crippen LogP contribution in [0.5, 0.6) is 0 Å². The van der Waals surface area contributed by atoms with Gasteiger partial charge in [-0.1, -0.05) is 37.5 Å². The molecule has 0 aromatic heterocycles. The molecule has 2 aliphatic rings. The zero-order valence-corrected chi connectivity index (χ0v) is 15.8. The first-order valence-corrected chi connectivity index (χ1v) is 10.7. The minimum atomic E-state index is -0.168. The summed E-state index contributed by atoms with van der Waals surface area (Å²) in [5, 5.41) is 2.93. The highest BCUT2D eigenvalue weighted by atomic mass is 32.2. The SMILES string of the molecule is CSC[C@H]1CN(C2CCCCC2)C(=O)[C@H]1CC(=O)Nc1ccccc1. The maximum absolute atomic E-state index is 13.0. The number of carbonyl (C=O) groups is 2. The Morgan fingerprint density at radius 3 is 2.60 bits per heavy atom. The van der Waals surface area contributed by atoms with Crippen LogP contribution in [-0.4, -0.2) is 41.3 Å². The van der Waals surface area contributed by atoms with Crippen molar-refractivity contribution in [3.63, 3.8) is 0 Å². The summed E-state index contributed by atoms with van der Waals surface area (Å²) in [5.74, 6) is 1.21. The van der Waals surface area contributed by atoms with E-state index in [4.69, 9.17) is 0 Å². The van der Waals surface area contributed by atoms with Crippen molar-refractivity contribution in [1.29, 1.82) is 0 Å². The van der Waals surface area contributed by atoms with Crippen LogP contribution in [0.1, 0.15) is 38.5 Å². The van der Waals surface area contributed by atoms with E-state index in [2.05, 4.69) is 16.5 Å². The molecule has 5 heteroatoms. The molecule has 3 rings (SSSR count). The quantitative estimate of drug-likeness (QED) is 0.840. The summed E-state index contributed by atoms with van der Waals surface area (Å²) in [6.45, 7) is 0.827. The van der Waals surface area contributed by atoms with Gasteiger partial charge in [-0.05, 0) is 42.9 Å². The average molecular weight is 361 g/mol. The number of nitrogens with zero attached hydrogens (tertiary/aromatic N) is 1. The van der Waals surface area contributed by atoms with Crippen molar-refractivity contribution in [2.75, 3.05) is 23.9 Å². The van der Waals surface area contributed by atoms with Gasteiger partial charge in [0.15, 0.2) is 0 Å². The standard InChI is InChI=1S/C20H28N2O2S/c1-25-14-15-13-22(17-10-6-3-7-11-17)20(24)18(15)12-19(23)21-16-8-4-2-5-9-16/h2,4-5,8-9,15,17-18H,3,6-7,10-14H2,1H3,(H,21,23)/t15-,18+/m1/s1. The molecule has 2 atom stereocenters. The van der Waals surface area contributed by atoms with E-state index in [0.29, 0.717) is 12.5 Å². The van der Waals surface area contributed by atoms with Gasteiger partial charge in [0.2, 0.25) is 11.8 Å². The molecule has 1 heterocycles. The second kappa shape index (κ2) is 8.75. The van der Waals surface area contributed by atoms with E-state index < -0.39 is 0 Å². The molecule has 1 aromatic rings. The number of hydrogen-bond acceptors (Lipinski definition) is 3. The molecule has 1 aromatic carbocycles. The molecule has 0 spiro atoms. The zero-order chi connectivity index (χ0) is 17.6. The van der Waals surface area contributed by atoms with Crippen molar-refractivity contribution in [2.45, 2.75) is 44.6 Å². The molecule has 1 saturated heterocycles. The number of para-hydroxylation sites is 1. The van der Waals surface area contributed by atoms with E-state index in [-0.39, 0.29) is 23.7 Å². The second-order valence-electron chi connectivity index (χ2n) is 7.22. The maximum Gasteiger partial charge on any atom is 0.226 e. The molecule has 0 bridgehead atoms. The van der Waals surface area contributed by atoms with Gasteiger partial charge < -0.3 is 10.2 Å². The van der Waals surface area contributed by atoms with Crippen LogP contribution in [0.25, 0.3) is 0 Å². The largest absolute Gasteiger partial charge is 0.339 e. The molecule has 1 aliphatic carbocycles. The van der Waals surface area contributed by atoms with Crippen molar-refractivity contribution >= 4 is 29.3 Å². The fourth-order valence-electron chi connectivity index (χ4n) is 4.18. The smallest absolute Gasteiger partial charge is 0.226 e. The number of carbonyl (C=O) groups excluding carboxylic acids is 2. The van der Waals surface area contributed by atoms with Crippen molar-refractivity contribution in [2.24, 2.45) is 11.8 Å². The van der Waals surface area contributed by atoms with E-state index in [0.717, 1.165) is 30.8 Å². The highest BCUT2D eigenvalue weighted by Gasteiger charge is 2.43. The molecular formula is C20H28N2O2S. The highest BCUT2D eigenvalue weighted by molar-refractivity contribution is 7.98. The number of benzene rings is 1. The molecule has 4 nitrogen and oxygen atoms in total. The molecule has 0 unspecified atom stereocenters. The fourth-order valence-corrected chi connectivity index (χ4v) is 4.94. The van der Waals surface area contributed by atoms with Crippen LogP contribution in [0.4, 0.5) is 5.69 Å². The predicted octanol–water partition coefficient (Wildman–Crippen LogP) is 3.79. The van der Waals surface area contributed by atoms with Crippen LogP contribution in [0.2, 0.25) is 0 Å². The Balaban J connectivity index is 1.64. The van der Waals surface area contributed by atoms with E-state index in [9.17, 15) is 9.59 Å². The Bertz CT molecular complexity index is 587. The van der Waals surface area contributed by atoms with Gasteiger partial charge in [0.05, 0.1) is 5.92 Å². The van der Waals surface area contributed by atoms with Gasteiger partial charge in [-0.15, -0.1) is 0 Å². The van der Waals surface area contributed by atoms with Gasteiger partial charge in [-0.3, -0.25) is 9.59 Å². The number of likely N-dealkylation sites (tertiary alicyclic amines) is 1. The number of anilines is 1. The molecule has 2 amide bonds. The van der Waals surface area contributed by atoms with Crippen LogP contribution in [-0.2, 0) is 9.59 Å². The molecule has 136 valence electrons. The van der Waals surface area contributed by atoms with Gasteiger partial charge in [-0.25, -0.2) is 0 Å². The zero-order valence-electron chi connectivity index (χ0n) is 14.9. The summed E-state index contributed by atoms with van der Waals surface area (Å²) in [5.41, 5.74) is 0.795. The number of thioether (sulfide) groups is 1. The third kappa shape index (κ3) is 4.57. The van der Waals surface area contributed by atoms with Crippen molar-refractivity contribution in [3.05, 3.63) is 30.3 Å². The van der Waals surface area contributed by atoms with E-state index in [1.165, 1.54) is 19.3 Å². The summed E-state index contributed by atoms with van der Waals surface area (Å²) in [4.78, 5) is 27.6. The van der Waals surface area contributed by atoms with Gasteiger partial charge >= 0.3 is 0 Å². The lowest BCUT2D eigenvalue weighted by Crippen LogP contribution is -2.39. The number of nitrogens with one attached hydrogen (secondary N) is 1. The van der Waals surface area contributed by atoms with Gasteiger partial charge in [-0.2, -0.15) is 11.8 Å². The van der Waals surface area contributed by atoms with E-state index in [1.54, 1.807) is 11.8 Å². The first-order valence-electron chi connectivity index (χ1n) is 9.33. The lowest BCUT2D eigenvalue weighted by molar-refractivity contribution is -0.135. The minimum Gasteiger partial charge on any atom is -0.339 e. The monoisotopic (exact) mass is 360 g/mol. The Morgan fingerprint density at radius 2 is 1.92 bits per heavy atom. The molecular weight excluding hydrogens is 332 g/mol. The summed E-state index contributed by atoms with van der Waals surface area (Å²) in [6, 6.07) is 9.87. The first-order chi connectivity index (χ1) is 12.2. The van der Waals surface area contributed by atoms with E-state index in [1.807, 2.05) is 30.3 Å². The van der Waals surface area contributed by atoms with Crippen LogP contribution in [0.15, 0.2) is 30.3 Å². The fraction of sp³-hybridized carbons (Fsp3) is 0.600. The first kappa shape index (κ1) is 18.3. The summed E-state index contributed by atoms with van der Waals surface area (Å²) in [6.07, 6.45) is 8.36. The molecule has 1 aliphatic heterocycles. The topological polar surface area (TPSA) is 49.4 Å². The van der Waals surface area contributed by atoms with Crippen molar-refractivity contribution < 1.29 is 9.59 Å². The van der Waals surface area contributed by atoms with Gasteiger partial charge in [0.25, 0.3) is 0 Å². The molecule has 0 radical (unpaired) electrons. The summed E-state index contributed by atoms with van der Waals surface area (Å²) >= 11 is 1.77. The third-order valence-electron chi connectivity index (χ3n) is 5.46. The van der Waals surface area contributed by atoms with Gasteiger partial charge in [0.1, 0.15) is 0 Å². The van der Waals surface area contributed by atoms with Crippen molar-refractivity contribution in [3.8, 4) is 0 Å². The van der Waals surface area contributed by atoms with Crippen LogP contribution in [0.3, 0.4) is 0 Å². The number of rotatable bonds is 6. The minimum absolute atomic E-state index is 0.0545. The Kier molecular flexibility index (Phi) is 6.40. The number of amides is 2. The second-order valence-corrected chi connectivity index (χ2v) is 8.13.